The lowest BCUT2D eigenvalue weighted by Crippen LogP contribution is -2.41. The molecule has 4 aromatic rings. The number of benzene rings is 2. The van der Waals surface area contributed by atoms with E-state index in [-0.39, 0.29) is 12.1 Å². The van der Waals surface area contributed by atoms with Crippen molar-refractivity contribution < 1.29 is 13.9 Å². The molecule has 0 fully saturated rings. The minimum absolute atomic E-state index is 0.0738. The molecule has 0 aliphatic heterocycles. The van der Waals surface area contributed by atoms with Crippen molar-refractivity contribution in [3.05, 3.63) is 77.0 Å². The van der Waals surface area contributed by atoms with Gasteiger partial charge in [0.2, 0.25) is 0 Å². The number of aromatic nitrogens is 5. The van der Waals surface area contributed by atoms with E-state index in [1.807, 2.05) is 19.1 Å². The number of aliphatic hydroxyl groups is 1. The minimum Gasteiger partial charge on any atom is -0.381 e. The molecule has 150 valence electrons. The summed E-state index contributed by atoms with van der Waals surface area (Å²) in [5, 5.41) is 21.6. The van der Waals surface area contributed by atoms with Gasteiger partial charge in [-0.3, -0.25) is 4.68 Å². The van der Waals surface area contributed by atoms with Crippen LogP contribution in [0.2, 0.25) is 5.02 Å². The van der Waals surface area contributed by atoms with Gasteiger partial charge in [-0.1, -0.05) is 29.8 Å². The molecule has 0 unspecified atom stereocenters. The minimum atomic E-state index is -1.82. The first-order valence-electron chi connectivity index (χ1n) is 8.95. The van der Waals surface area contributed by atoms with Crippen LogP contribution >= 0.6 is 11.6 Å². The van der Waals surface area contributed by atoms with Crippen molar-refractivity contribution in [1.82, 2.24) is 24.5 Å². The quantitative estimate of drug-likeness (QED) is 0.532. The fraction of sp³-hybridized carbons (Fsp3) is 0.250. The van der Waals surface area contributed by atoms with Crippen LogP contribution in [0.5, 0.6) is 0 Å². The summed E-state index contributed by atoms with van der Waals surface area (Å²) in [6, 6.07) is 7.73. The first kappa shape index (κ1) is 19.5. The Labute approximate surface area is 170 Å². The molecular weight excluding hydrogens is 400 g/mol. The highest BCUT2D eigenvalue weighted by molar-refractivity contribution is 6.35. The molecule has 1 N–H and O–H groups in total. The highest BCUT2D eigenvalue weighted by Gasteiger charge is 2.41. The number of halogens is 3. The predicted octanol–water partition coefficient (Wildman–Crippen LogP) is 4.02. The van der Waals surface area contributed by atoms with E-state index in [0.29, 0.717) is 10.5 Å². The average molecular weight is 418 g/mol. The van der Waals surface area contributed by atoms with Crippen molar-refractivity contribution in [3.63, 3.8) is 0 Å². The molecule has 0 saturated heterocycles. The summed E-state index contributed by atoms with van der Waals surface area (Å²) < 4.78 is 31.2. The van der Waals surface area contributed by atoms with Crippen LogP contribution in [0.1, 0.15) is 24.2 Å². The van der Waals surface area contributed by atoms with E-state index < -0.39 is 23.3 Å². The zero-order valence-electron chi connectivity index (χ0n) is 15.7. The van der Waals surface area contributed by atoms with Gasteiger partial charge in [0, 0.05) is 17.0 Å². The molecule has 0 aliphatic carbocycles. The number of hydrogen-bond acceptors (Lipinski definition) is 4. The summed E-state index contributed by atoms with van der Waals surface area (Å²) in [7, 11) is 0. The molecule has 6 nitrogen and oxygen atoms in total. The van der Waals surface area contributed by atoms with Crippen LogP contribution in [0.3, 0.4) is 0 Å². The molecule has 0 spiro atoms. The van der Waals surface area contributed by atoms with Crippen molar-refractivity contribution in [2.75, 3.05) is 0 Å². The van der Waals surface area contributed by atoms with Gasteiger partial charge in [-0.2, -0.15) is 10.2 Å². The maximum Gasteiger partial charge on any atom is 0.137 e. The summed E-state index contributed by atoms with van der Waals surface area (Å²) >= 11 is 6.42. The highest BCUT2D eigenvalue weighted by atomic mass is 35.5. The number of rotatable bonds is 5. The molecule has 0 aliphatic rings. The van der Waals surface area contributed by atoms with Crippen molar-refractivity contribution in [2.45, 2.75) is 32.0 Å². The van der Waals surface area contributed by atoms with Gasteiger partial charge in [0.15, 0.2) is 0 Å². The Morgan fingerprint density at radius 3 is 2.72 bits per heavy atom. The monoisotopic (exact) mass is 417 g/mol. The van der Waals surface area contributed by atoms with Gasteiger partial charge >= 0.3 is 0 Å². The summed E-state index contributed by atoms with van der Waals surface area (Å²) in [6.45, 7) is 3.41. The SMILES string of the molecule is Cc1nn([C@H](C)[C@](O)(Cn2cncn2)c2ccc(F)cc2F)c2c(Cl)cccc12. The van der Waals surface area contributed by atoms with E-state index in [0.717, 1.165) is 23.2 Å². The number of fused-ring (bicyclic) bond motifs is 1. The lowest BCUT2D eigenvalue weighted by molar-refractivity contribution is -0.0355. The van der Waals surface area contributed by atoms with Crippen molar-refractivity contribution >= 4 is 22.5 Å². The Balaban J connectivity index is 1.92. The molecule has 0 bridgehead atoms. The van der Waals surface area contributed by atoms with Crippen LogP contribution < -0.4 is 0 Å². The summed E-state index contributed by atoms with van der Waals surface area (Å²) in [6.07, 6.45) is 2.73. The Kier molecular flexibility index (Phi) is 4.84. The number of para-hydroxylation sites is 1. The third-order valence-corrected chi connectivity index (χ3v) is 5.49. The van der Waals surface area contributed by atoms with Crippen LogP contribution in [0, 0.1) is 18.6 Å². The third-order valence-electron chi connectivity index (χ3n) is 5.19. The fourth-order valence-electron chi connectivity index (χ4n) is 3.63. The molecule has 4 rings (SSSR count). The van der Waals surface area contributed by atoms with E-state index >= 15 is 0 Å². The summed E-state index contributed by atoms with van der Waals surface area (Å²) in [5.41, 5.74) is -0.554. The van der Waals surface area contributed by atoms with Gasteiger partial charge in [0.05, 0.1) is 28.8 Å². The standard InChI is InChI=1S/C20H18ClF2N5O/c1-12-15-4-3-5-17(21)19(15)28(26-12)13(2)20(29,9-27-11-24-10-25-27)16-7-6-14(22)8-18(16)23/h3-8,10-11,13,29H,9H2,1-2H3/t13-,20-/m1/s1. The average Bonchev–Trinajstić information content (AvgIpc) is 3.29. The molecular formula is C20H18ClF2N5O. The molecule has 29 heavy (non-hydrogen) atoms. The fourth-order valence-corrected chi connectivity index (χ4v) is 3.89. The molecule has 9 heteroatoms. The Morgan fingerprint density at radius 1 is 1.24 bits per heavy atom. The van der Waals surface area contributed by atoms with Crippen LogP contribution in [0.25, 0.3) is 10.9 Å². The Morgan fingerprint density at radius 2 is 2.03 bits per heavy atom. The van der Waals surface area contributed by atoms with Crippen LogP contribution in [-0.2, 0) is 12.1 Å². The van der Waals surface area contributed by atoms with Crippen LogP contribution in [0.4, 0.5) is 8.78 Å². The van der Waals surface area contributed by atoms with E-state index in [1.165, 1.54) is 23.4 Å². The number of hydrogen-bond donors (Lipinski definition) is 1. The van der Waals surface area contributed by atoms with Gasteiger partial charge in [-0.25, -0.2) is 18.4 Å². The van der Waals surface area contributed by atoms with Crippen molar-refractivity contribution in [3.8, 4) is 0 Å². The molecule has 2 heterocycles. The third kappa shape index (κ3) is 3.28. The highest BCUT2D eigenvalue weighted by Crippen LogP contribution is 2.39. The molecule has 0 radical (unpaired) electrons. The molecule has 2 aromatic heterocycles. The second kappa shape index (κ2) is 7.20. The Bertz CT molecular complexity index is 1180. The smallest absolute Gasteiger partial charge is 0.137 e. The molecule has 0 amide bonds. The lowest BCUT2D eigenvalue weighted by Gasteiger charge is -2.35. The van der Waals surface area contributed by atoms with E-state index in [2.05, 4.69) is 15.2 Å². The summed E-state index contributed by atoms with van der Waals surface area (Å²) in [4.78, 5) is 3.88. The molecule has 0 saturated carbocycles. The predicted molar refractivity (Wildman–Crippen MR) is 104 cm³/mol. The summed E-state index contributed by atoms with van der Waals surface area (Å²) in [5.74, 6) is -1.59. The van der Waals surface area contributed by atoms with Crippen LogP contribution in [0.15, 0.2) is 49.1 Å². The second-order valence-corrected chi connectivity index (χ2v) is 7.39. The first-order chi connectivity index (χ1) is 13.8. The van der Waals surface area contributed by atoms with Gasteiger partial charge < -0.3 is 5.11 Å². The van der Waals surface area contributed by atoms with E-state index in [9.17, 15) is 13.9 Å². The lowest BCUT2D eigenvalue weighted by atomic mass is 9.86. The first-order valence-corrected chi connectivity index (χ1v) is 9.32. The zero-order chi connectivity index (χ0) is 20.8. The van der Waals surface area contributed by atoms with Gasteiger partial charge in [0.1, 0.15) is 29.9 Å². The normalized spacial score (nSPS) is 14.8. The van der Waals surface area contributed by atoms with Gasteiger partial charge in [-0.15, -0.1) is 0 Å². The van der Waals surface area contributed by atoms with Crippen molar-refractivity contribution in [1.29, 1.82) is 0 Å². The maximum absolute atomic E-state index is 14.7. The van der Waals surface area contributed by atoms with Gasteiger partial charge in [-0.05, 0) is 26.0 Å². The number of nitrogens with zero attached hydrogens (tertiary/aromatic N) is 5. The molecule has 2 aromatic carbocycles. The Hall–Kier alpha value is -2.84. The van der Waals surface area contributed by atoms with E-state index in [4.69, 9.17) is 11.6 Å². The van der Waals surface area contributed by atoms with Crippen molar-refractivity contribution in [2.24, 2.45) is 0 Å². The second-order valence-electron chi connectivity index (χ2n) is 6.98. The molecule has 2 atom stereocenters. The van der Waals surface area contributed by atoms with Gasteiger partial charge in [0.25, 0.3) is 0 Å². The topological polar surface area (TPSA) is 68.8 Å². The van der Waals surface area contributed by atoms with E-state index in [1.54, 1.807) is 17.7 Å². The number of aryl methyl sites for hydroxylation is 1. The zero-order valence-corrected chi connectivity index (χ0v) is 16.5. The largest absolute Gasteiger partial charge is 0.381 e. The maximum atomic E-state index is 14.7. The van der Waals surface area contributed by atoms with Crippen LogP contribution in [-0.4, -0.2) is 29.7 Å².